The summed E-state index contributed by atoms with van der Waals surface area (Å²) in [5, 5.41) is 9.14. The molecule has 0 saturated heterocycles. The van der Waals surface area contributed by atoms with Crippen LogP contribution in [0.4, 0.5) is 0 Å². The highest BCUT2D eigenvalue weighted by Gasteiger charge is 2.53. The maximum Gasteiger partial charge on any atom is 0.226 e. The van der Waals surface area contributed by atoms with Crippen molar-refractivity contribution in [2.24, 2.45) is 10.2 Å². The summed E-state index contributed by atoms with van der Waals surface area (Å²) >= 11 is 0. The van der Waals surface area contributed by atoms with E-state index in [2.05, 4.69) is 17.2 Å². The highest BCUT2D eigenvalue weighted by molar-refractivity contribution is 7.95. The number of rotatable bonds is 3. The molecule has 2 aliphatic rings. The van der Waals surface area contributed by atoms with Crippen LogP contribution >= 0.6 is 0 Å². The van der Waals surface area contributed by atoms with Crippen molar-refractivity contribution >= 4 is 15.4 Å². The lowest BCUT2D eigenvalue weighted by atomic mass is 9.79. The molecule has 0 N–H and O–H groups in total. The average molecular weight is 435 g/mol. The van der Waals surface area contributed by atoms with Crippen LogP contribution in [0.3, 0.4) is 0 Å². The molecule has 0 unspecified atom stereocenters. The minimum absolute atomic E-state index is 0.00130. The Morgan fingerprint density at radius 3 is 1.69 bits per heavy atom. The van der Waals surface area contributed by atoms with Crippen molar-refractivity contribution in [2.45, 2.75) is 10.4 Å². The summed E-state index contributed by atoms with van der Waals surface area (Å²) in [5.41, 5.74) is 4.37. The van der Waals surface area contributed by atoms with Gasteiger partial charge in [0.15, 0.2) is 10.6 Å². The zero-order valence-corrected chi connectivity index (χ0v) is 17.8. The van der Waals surface area contributed by atoms with E-state index in [9.17, 15) is 8.42 Å². The summed E-state index contributed by atoms with van der Waals surface area (Å²) < 4.78 is 27.5. The molecule has 0 radical (unpaired) electrons. The van der Waals surface area contributed by atoms with E-state index in [-0.39, 0.29) is 9.92 Å². The first kappa shape index (κ1) is 18.9. The molecule has 4 nitrogen and oxygen atoms in total. The topological polar surface area (TPSA) is 58.9 Å². The molecule has 4 aromatic carbocycles. The fourth-order valence-corrected chi connectivity index (χ4v) is 6.22. The number of hydrogen-bond acceptors (Lipinski definition) is 4. The number of hydrogen-bond donors (Lipinski definition) is 0. The predicted octanol–water partition coefficient (Wildman–Crippen LogP) is 6.22. The number of sulfone groups is 1. The van der Waals surface area contributed by atoms with Gasteiger partial charge < -0.3 is 0 Å². The quantitative estimate of drug-likeness (QED) is 0.384. The monoisotopic (exact) mass is 434 g/mol. The third kappa shape index (κ3) is 2.46. The van der Waals surface area contributed by atoms with Crippen LogP contribution < -0.4 is 0 Å². The fourth-order valence-electron chi connectivity index (χ4n) is 4.80. The first-order chi connectivity index (χ1) is 15.6. The molecule has 5 heteroatoms. The van der Waals surface area contributed by atoms with Crippen LogP contribution in [0.25, 0.3) is 16.7 Å². The molecule has 1 aliphatic carbocycles. The maximum absolute atomic E-state index is 13.8. The van der Waals surface area contributed by atoms with Gasteiger partial charge in [0.05, 0.1) is 4.90 Å². The molecule has 0 amide bonds. The molecule has 0 fully saturated rings. The first-order valence-corrected chi connectivity index (χ1v) is 11.8. The summed E-state index contributed by atoms with van der Waals surface area (Å²) in [4.78, 5) is 0.207. The lowest BCUT2D eigenvalue weighted by Gasteiger charge is -2.26. The summed E-state index contributed by atoms with van der Waals surface area (Å²) in [6, 6.07) is 34.1. The molecular formula is C27H18N2O2S. The van der Waals surface area contributed by atoms with Gasteiger partial charge in [-0.3, -0.25) is 0 Å². The molecule has 0 aromatic heterocycles. The summed E-state index contributed by atoms with van der Waals surface area (Å²) in [6.45, 7) is 0. The Kier molecular flexibility index (Phi) is 4.04. The molecule has 0 atom stereocenters. The minimum atomic E-state index is -3.89. The van der Waals surface area contributed by atoms with Gasteiger partial charge in [0.2, 0.25) is 9.84 Å². The second-order valence-electron chi connectivity index (χ2n) is 7.86. The van der Waals surface area contributed by atoms with E-state index < -0.39 is 15.4 Å². The Balaban J connectivity index is 1.74. The molecule has 1 spiro atoms. The fraction of sp³-hybridized carbons (Fsp3) is 0.0370. The van der Waals surface area contributed by atoms with Crippen LogP contribution in [0.15, 0.2) is 129 Å². The van der Waals surface area contributed by atoms with Gasteiger partial charge in [0.25, 0.3) is 0 Å². The molecule has 0 bridgehead atoms. The van der Waals surface area contributed by atoms with Gasteiger partial charge in [0.1, 0.15) is 0 Å². The lowest BCUT2D eigenvalue weighted by Crippen LogP contribution is -2.23. The predicted molar refractivity (Wildman–Crippen MR) is 125 cm³/mol. The number of fused-ring (bicyclic) bond motifs is 5. The second kappa shape index (κ2) is 6.84. The largest absolute Gasteiger partial charge is 0.226 e. The highest BCUT2D eigenvalue weighted by Crippen LogP contribution is 2.60. The van der Waals surface area contributed by atoms with Crippen LogP contribution in [0.1, 0.15) is 16.7 Å². The van der Waals surface area contributed by atoms with Crippen LogP contribution in [-0.4, -0.2) is 8.42 Å². The van der Waals surface area contributed by atoms with E-state index in [1.807, 2.05) is 66.7 Å². The third-order valence-corrected chi connectivity index (χ3v) is 7.85. The molecule has 1 aliphatic heterocycles. The Hall–Kier alpha value is -3.83. The van der Waals surface area contributed by atoms with Crippen LogP contribution in [0, 0.1) is 0 Å². The Morgan fingerprint density at radius 1 is 0.594 bits per heavy atom. The molecule has 6 rings (SSSR count). The number of benzene rings is 4. The van der Waals surface area contributed by atoms with Crippen molar-refractivity contribution in [1.82, 2.24) is 0 Å². The van der Waals surface area contributed by atoms with Crippen molar-refractivity contribution in [3.63, 3.8) is 0 Å². The smallest absolute Gasteiger partial charge is 0.217 e. The molecule has 4 aromatic rings. The Labute approximate surface area is 186 Å². The number of nitrogens with zero attached hydrogens (tertiary/aromatic N) is 2. The zero-order chi connectivity index (χ0) is 21.8. The molecule has 1 heterocycles. The first-order valence-electron chi connectivity index (χ1n) is 10.4. The van der Waals surface area contributed by atoms with E-state index in [0.717, 1.165) is 27.8 Å². The molecular weight excluding hydrogens is 416 g/mol. The van der Waals surface area contributed by atoms with Crippen molar-refractivity contribution in [3.8, 4) is 11.1 Å². The average Bonchev–Trinajstić information content (AvgIpc) is 3.39. The molecule has 32 heavy (non-hydrogen) atoms. The van der Waals surface area contributed by atoms with Crippen molar-refractivity contribution < 1.29 is 8.42 Å². The van der Waals surface area contributed by atoms with E-state index in [0.29, 0.717) is 5.57 Å². The third-order valence-electron chi connectivity index (χ3n) is 6.16. The SMILES string of the molecule is O=S(=O)(C1=C(c2ccccc2)C2(N=N1)c1ccccc1-c1ccccc12)c1ccccc1. The van der Waals surface area contributed by atoms with Crippen LogP contribution in [0.5, 0.6) is 0 Å². The van der Waals surface area contributed by atoms with Crippen molar-refractivity contribution in [3.05, 3.63) is 131 Å². The maximum atomic E-state index is 13.8. The van der Waals surface area contributed by atoms with Gasteiger partial charge in [0, 0.05) is 5.57 Å². The van der Waals surface area contributed by atoms with Gasteiger partial charge in [-0.2, -0.15) is 5.11 Å². The van der Waals surface area contributed by atoms with Crippen molar-refractivity contribution in [1.29, 1.82) is 0 Å². The summed E-state index contributed by atoms with van der Waals surface area (Å²) in [5.74, 6) is 0. The second-order valence-corrected chi connectivity index (χ2v) is 9.73. The molecule has 0 saturated carbocycles. The lowest BCUT2D eigenvalue weighted by molar-refractivity contribution is 0.601. The normalized spacial score (nSPS) is 15.8. The molecule has 154 valence electrons. The van der Waals surface area contributed by atoms with Crippen LogP contribution in [0.2, 0.25) is 0 Å². The standard InChI is InChI=1S/C27H18N2O2S/c30-32(31,20-13-5-2-6-14-20)26-25(19-11-3-1-4-12-19)27(29-28-26)23-17-9-7-15-21(23)22-16-8-10-18-24(22)27/h1-18H. The Bertz CT molecular complexity index is 1480. The highest BCUT2D eigenvalue weighted by atomic mass is 32.2. The summed E-state index contributed by atoms with van der Waals surface area (Å²) in [7, 11) is -3.89. The van der Waals surface area contributed by atoms with E-state index in [1.54, 1.807) is 30.3 Å². The number of azo groups is 1. The van der Waals surface area contributed by atoms with E-state index in [4.69, 9.17) is 5.11 Å². The van der Waals surface area contributed by atoms with Gasteiger partial charge in [-0.1, -0.05) is 97.1 Å². The van der Waals surface area contributed by atoms with E-state index >= 15 is 0 Å². The summed E-state index contributed by atoms with van der Waals surface area (Å²) in [6.07, 6.45) is 0. The van der Waals surface area contributed by atoms with Gasteiger partial charge >= 0.3 is 0 Å². The minimum Gasteiger partial charge on any atom is -0.217 e. The van der Waals surface area contributed by atoms with Crippen LogP contribution in [-0.2, 0) is 15.4 Å². The van der Waals surface area contributed by atoms with Gasteiger partial charge in [-0.25, -0.2) is 8.42 Å². The van der Waals surface area contributed by atoms with E-state index in [1.165, 1.54) is 0 Å². The van der Waals surface area contributed by atoms with Gasteiger partial charge in [-0.15, -0.1) is 5.11 Å². The van der Waals surface area contributed by atoms with Crippen molar-refractivity contribution in [2.75, 3.05) is 0 Å². The van der Waals surface area contributed by atoms with Gasteiger partial charge in [-0.05, 0) is 39.9 Å². The Morgan fingerprint density at radius 2 is 1.09 bits per heavy atom. The zero-order valence-electron chi connectivity index (χ0n) is 17.0.